The van der Waals surface area contributed by atoms with Gasteiger partial charge in [0, 0.05) is 18.1 Å². The Morgan fingerprint density at radius 2 is 1.48 bits per heavy atom. The fourth-order valence-electron chi connectivity index (χ4n) is 4.07. The third-order valence-corrected chi connectivity index (χ3v) is 5.95. The van der Waals surface area contributed by atoms with Crippen molar-refractivity contribution < 1.29 is 4.79 Å². The molecule has 31 heavy (non-hydrogen) atoms. The molecule has 1 heterocycles. The quantitative estimate of drug-likeness (QED) is 0.536. The summed E-state index contributed by atoms with van der Waals surface area (Å²) in [5.41, 5.74) is 3.37. The Morgan fingerprint density at radius 3 is 2.16 bits per heavy atom. The van der Waals surface area contributed by atoms with Crippen molar-refractivity contribution in [2.24, 2.45) is 0 Å². The van der Waals surface area contributed by atoms with E-state index in [4.69, 9.17) is 11.6 Å². The second-order valence-corrected chi connectivity index (χ2v) is 8.31. The van der Waals surface area contributed by atoms with Crippen molar-refractivity contribution in [2.75, 3.05) is 6.54 Å². The van der Waals surface area contributed by atoms with Gasteiger partial charge in [0.05, 0.1) is 12.1 Å². The van der Waals surface area contributed by atoms with Gasteiger partial charge in [-0.05, 0) is 41.7 Å². The molecule has 1 amide bonds. The van der Waals surface area contributed by atoms with Gasteiger partial charge >= 0.3 is 0 Å². The predicted octanol–water partition coefficient (Wildman–Crippen LogP) is 5.57. The highest BCUT2D eigenvalue weighted by atomic mass is 35.5. The van der Waals surface area contributed by atoms with Crippen LogP contribution in [0.15, 0.2) is 97.1 Å². The van der Waals surface area contributed by atoms with Crippen molar-refractivity contribution in [3.8, 4) is 0 Å². The maximum Gasteiger partial charge on any atom is 0.240 e. The van der Waals surface area contributed by atoms with Gasteiger partial charge in [0.25, 0.3) is 0 Å². The van der Waals surface area contributed by atoms with Crippen LogP contribution in [-0.4, -0.2) is 23.4 Å². The molecule has 0 saturated carbocycles. The molecule has 0 spiro atoms. The van der Waals surface area contributed by atoms with Gasteiger partial charge in [0.15, 0.2) is 0 Å². The van der Waals surface area contributed by atoms with E-state index >= 15 is 0 Å². The summed E-state index contributed by atoms with van der Waals surface area (Å²) >= 11 is 6.14. The topological polar surface area (TPSA) is 32.3 Å². The van der Waals surface area contributed by atoms with Crippen molar-refractivity contribution in [1.82, 2.24) is 10.2 Å². The van der Waals surface area contributed by atoms with Gasteiger partial charge in [-0.3, -0.25) is 4.79 Å². The van der Waals surface area contributed by atoms with Gasteiger partial charge in [0.1, 0.15) is 0 Å². The predicted molar refractivity (Wildman–Crippen MR) is 127 cm³/mol. The number of benzene rings is 3. The molecule has 3 nitrogen and oxygen atoms in total. The zero-order valence-corrected chi connectivity index (χ0v) is 18.2. The molecular formula is C27H27ClN2O. The summed E-state index contributed by atoms with van der Waals surface area (Å²) in [7, 11) is 0. The van der Waals surface area contributed by atoms with Crippen LogP contribution >= 0.6 is 11.6 Å². The van der Waals surface area contributed by atoms with E-state index in [0.717, 1.165) is 23.1 Å². The van der Waals surface area contributed by atoms with Crippen LogP contribution < -0.4 is 5.32 Å². The lowest BCUT2D eigenvalue weighted by atomic mass is 9.98. The fraction of sp³-hybridized carbons (Fsp3) is 0.222. The maximum absolute atomic E-state index is 13.9. The molecule has 3 aromatic carbocycles. The molecule has 0 unspecified atom stereocenters. The van der Waals surface area contributed by atoms with Crippen LogP contribution in [0.4, 0.5) is 0 Å². The highest BCUT2D eigenvalue weighted by Gasteiger charge is 2.31. The molecule has 4 heteroatoms. The summed E-state index contributed by atoms with van der Waals surface area (Å²) in [4.78, 5) is 15.9. The first-order chi connectivity index (χ1) is 15.2. The van der Waals surface area contributed by atoms with Crippen molar-refractivity contribution >= 4 is 17.5 Å². The molecule has 1 N–H and O–H groups in total. The largest absolute Gasteiger partial charge is 0.330 e. The van der Waals surface area contributed by atoms with Crippen LogP contribution in [0.5, 0.6) is 0 Å². The molecule has 0 fully saturated rings. The minimum absolute atomic E-state index is 0.0561. The van der Waals surface area contributed by atoms with E-state index in [1.165, 1.54) is 0 Å². The van der Waals surface area contributed by atoms with E-state index in [-0.39, 0.29) is 18.0 Å². The van der Waals surface area contributed by atoms with E-state index < -0.39 is 0 Å². The first kappa shape index (κ1) is 21.4. The average molecular weight is 431 g/mol. The minimum Gasteiger partial charge on any atom is -0.330 e. The van der Waals surface area contributed by atoms with Crippen molar-refractivity contribution in [3.05, 3.63) is 119 Å². The van der Waals surface area contributed by atoms with Gasteiger partial charge in [-0.2, -0.15) is 0 Å². The molecule has 2 atom stereocenters. The number of rotatable bonds is 5. The van der Waals surface area contributed by atoms with Gasteiger partial charge < -0.3 is 10.2 Å². The van der Waals surface area contributed by atoms with E-state index in [1.807, 2.05) is 65.6 Å². The Balaban J connectivity index is 1.70. The molecule has 3 aromatic rings. The van der Waals surface area contributed by atoms with Gasteiger partial charge in [-0.15, -0.1) is 0 Å². The van der Waals surface area contributed by atoms with Crippen molar-refractivity contribution in [3.63, 3.8) is 0 Å². The van der Waals surface area contributed by atoms with Crippen molar-refractivity contribution in [1.29, 1.82) is 0 Å². The molecule has 0 aromatic heterocycles. The third kappa shape index (κ3) is 5.63. The Labute approximate surface area is 189 Å². The van der Waals surface area contributed by atoms with Crippen LogP contribution in [0.25, 0.3) is 0 Å². The Hall–Kier alpha value is -2.88. The van der Waals surface area contributed by atoms with E-state index in [0.29, 0.717) is 24.5 Å². The first-order valence-electron chi connectivity index (χ1n) is 10.7. The molecule has 1 aliphatic rings. The number of carbonyl (C=O) groups is 1. The molecule has 0 aliphatic carbocycles. The minimum atomic E-state index is -0.288. The second kappa shape index (κ2) is 10.4. The lowest BCUT2D eigenvalue weighted by Gasteiger charge is -2.34. The summed E-state index contributed by atoms with van der Waals surface area (Å²) in [6.45, 7) is 1.24. The number of amides is 1. The standard InChI is InChI=1S/C27H27ClN2O/c28-24-16-14-23(15-17-24)26-13-7-8-18-29-25(19-21-9-3-1-4-10-21)27(31)30(26)20-22-11-5-2-6-12-22/h1-12,14-17,25-26,29H,13,18-20H2/b8-7-/t25-,26+/m0/s1. The van der Waals surface area contributed by atoms with Gasteiger partial charge in [-0.25, -0.2) is 0 Å². The molecule has 1 aliphatic heterocycles. The number of hydrogen-bond acceptors (Lipinski definition) is 2. The lowest BCUT2D eigenvalue weighted by molar-refractivity contribution is -0.136. The molecular weight excluding hydrogens is 404 g/mol. The first-order valence-corrected chi connectivity index (χ1v) is 11.1. The van der Waals surface area contributed by atoms with Gasteiger partial charge in [0.2, 0.25) is 5.91 Å². The number of nitrogens with zero attached hydrogens (tertiary/aromatic N) is 1. The van der Waals surface area contributed by atoms with Crippen LogP contribution in [0.3, 0.4) is 0 Å². The summed E-state index contributed by atoms with van der Waals surface area (Å²) in [5.74, 6) is 0.122. The van der Waals surface area contributed by atoms with Gasteiger partial charge in [-0.1, -0.05) is 96.5 Å². The SMILES string of the molecule is O=C1[C@H](Cc2ccccc2)NC/C=C\C[C@H](c2ccc(Cl)cc2)N1Cc1ccccc1. The monoisotopic (exact) mass is 430 g/mol. The van der Waals surface area contributed by atoms with E-state index in [1.54, 1.807) is 0 Å². The second-order valence-electron chi connectivity index (χ2n) is 7.88. The molecule has 158 valence electrons. The Kier molecular flexibility index (Phi) is 7.18. The number of halogens is 1. The zero-order chi connectivity index (χ0) is 21.5. The van der Waals surface area contributed by atoms with Crippen LogP contribution in [0.2, 0.25) is 5.02 Å². The summed E-state index contributed by atoms with van der Waals surface area (Å²) < 4.78 is 0. The zero-order valence-electron chi connectivity index (χ0n) is 17.5. The highest BCUT2D eigenvalue weighted by Crippen LogP contribution is 2.29. The van der Waals surface area contributed by atoms with Crippen molar-refractivity contribution in [2.45, 2.75) is 31.5 Å². The smallest absolute Gasteiger partial charge is 0.240 e. The number of nitrogens with one attached hydrogen (secondary N) is 1. The maximum atomic E-state index is 13.9. The third-order valence-electron chi connectivity index (χ3n) is 5.70. The number of carbonyl (C=O) groups excluding carboxylic acids is 1. The average Bonchev–Trinajstić information content (AvgIpc) is 2.87. The molecule has 0 radical (unpaired) electrons. The molecule has 0 saturated heterocycles. The lowest BCUT2D eigenvalue weighted by Crippen LogP contribution is -2.48. The Bertz CT molecular complexity index is 1000. The summed E-state index contributed by atoms with van der Waals surface area (Å²) in [5, 5.41) is 4.16. The van der Waals surface area contributed by atoms with E-state index in [9.17, 15) is 4.79 Å². The molecule has 4 rings (SSSR count). The number of hydrogen-bond donors (Lipinski definition) is 1. The summed E-state index contributed by atoms with van der Waals surface area (Å²) in [6, 6.07) is 27.9. The van der Waals surface area contributed by atoms with E-state index in [2.05, 4.69) is 41.7 Å². The normalized spacial score (nSPS) is 20.5. The molecule has 0 bridgehead atoms. The summed E-state index contributed by atoms with van der Waals surface area (Å²) in [6.07, 6.45) is 5.72. The fourth-order valence-corrected chi connectivity index (χ4v) is 4.19. The Morgan fingerprint density at radius 1 is 0.839 bits per heavy atom. The highest BCUT2D eigenvalue weighted by molar-refractivity contribution is 6.30. The van der Waals surface area contributed by atoms with Crippen LogP contribution in [-0.2, 0) is 17.8 Å². The van der Waals surface area contributed by atoms with Crippen LogP contribution in [0.1, 0.15) is 29.2 Å². The van der Waals surface area contributed by atoms with Crippen LogP contribution in [0, 0.1) is 0 Å².